The molecule has 1 rings (SSSR count). The van der Waals surface area contributed by atoms with Crippen LogP contribution >= 0.6 is 0 Å². The lowest BCUT2D eigenvalue weighted by molar-refractivity contribution is -0.142. The maximum atomic E-state index is 12.6. The lowest BCUT2D eigenvalue weighted by Gasteiger charge is -2.16. The highest BCUT2D eigenvalue weighted by molar-refractivity contribution is 7.80. The molecule has 0 aliphatic rings. The van der Waals surface area contributed by atoms with Crippen LogP contribution in [0.15, 0.2) is 24.3 Å². The summed E-state index contributed by atoms with van der Waals surface area (Å²) < 4.78 is 41.6. The molecule has 33 heavy (non-hydrogen) atoms. The highest BCUT2D eigenvalue weighted by Crippen LogP contribution is 2.23. The van der Waals surface area contributed by atoms with E-state index in [1.54, 1.807) is 12.1 Å². The van der Waals surface area contributed by atoms with Crippen molar-refractivity contribution in [3.63, 3.8) is 0 Å². The molecule has 0 saturated carbocycles. The van der Waals surface area contributed by atoms with Gasteiger partial charge in [0.15, 0.2) is 6.10 Å². The summed E-state index contributed by atoms with van der Waals surface area (Å²) in [6.45, 7) is 4.30. The molecule has 0 radical (unpaired) electrons. The van der Waals surface area contributed by atoms with Crippen LogP contribution < -0.4 is 4.74 Å². The van der Waals surface area contributed by atoms with Crippen LogP contribution in [0, 0.1) is 0 Å². The number of carbonyl (C=O) groups excluding carboxylic acids is 1. The van der Waals surface area contributed by atoms with E-state index in [0.717, 1.165) is 44.1 Å². The Hall–Kier alpha value is -1.44. The number of unbranched alkanes of at least 4 members (excludes halogenated alkanes) is 12. The van der Waals surface area contributed by atoms with E-state index in [0.29, 0.717) is 12.2 Å². The Bertz CT molecular complexity index is 747. The average Bonchev–Trinajstić information content (AvgIpc) is 2.77. The number of esters is 1. The Balaban J connectivity index is 2.49. The molecule has 0 aliphatic heterocycles. The zero-order valence-corrected chi connectivity index (χ0v) is 21.4. The zero-order chi connectivity index (χ0) is 24.4. The molecule has 0 saturated heterocycles. The Kier molecular flexibility index (Phi) is 16.1. The van der Waals surface area contributed by atoms with Crippen LogP contribution in [0.25, 0.3) is 0 Å². The molecule has 190 valence electrons. The molecule has 0 amide bonds. The van der Waals surface area contributed by atoms with Crippen molar-refractivity contribution in [2.24, 2.45) is 0 Å². The van der Waals surface area contributed by atoms with Gasteiger partial charge in [-0.25, -0.2) is 8.98 Å². The summed E-state index contributed by atoms with van der Waals surface area (Å²) in [6, 6.07) is 7.33. The lowest BCUT2D eigenvalue weighted by Crippen LogP contribution is -2.31. The number of hydrogen-bond donors (Lipinski definition) is 1. The first-order chi connectivity index (χ1) is 15.9. The van der Waals surface area contributed by atoms with Gasteiger partial charge >= 0.3 is 16.4 Å². The fourth-order valence-corrected chi connectivity index (χ4v) is 4.36. The van der Waals surface area contributed by atoms with Gasteiger partial charge in [0.05, 0.1) is 0 Å². The van der Waals surface area contributed by atoms with E-state index >= 15 is 0 Å². The van der Waals surface area contributed by atoms with Crippen molar-refractivity contribution in [1.82, 2.24) is 0 Å². The van der Waals surface area contributed by atoms with Crippen LogP contribution in [0.4, 0.5) is 0 Å². The molecular weight excluding hydrogens is 440 g/mol. The molecule has 0 aromatic heterocycles. The minimum atomic E-state index is -4.75. The molecule has 0 aliphatic carbocycles. The van der Waals surface area contributed by atoms with E-state index in [4.69, 9.17) is 9.29 Å². The van der Waals surface area contributed by atoms with Crippen molar-refractivity contribution in [1.29, 1.82) is 0 Å². The van der Waals surface area contributed by atoms with Gasteiger partial charge in [-0.1, -0.05) is 116 Å². The fourth-order valence-electron chi connectivity index (χ4n) is 3.90. The number of aryl methyl sites for hydroxylation is 1. The van der Waals surface area contributed by atoms with E-state index in [1.165, 1.54) is 51.4 Å². The van der Waals surface area contributed by atoms with Crippen LogP contribution in [0.1, 0.15) is 116 Å². The van der Waals surface area contributed by atoms with Gasteiger partial charge < -0.3 is 4.74 Å². The normalized spacial score (nSPS) is 12.6. The van der Waals surface area contributed by atoms with Gasteiger partial charge in [0.25, 0.3) is 0 Å². The number of hydrogen-bond acceptors (Lipinski definition) is 5. The highest BCUT2D eigenvalue weighted by Gasteiger charge is 2.27. The predicted octanol–water partition coefficient (Wildman–Crippen LogP) is 7.21. The molecule has 6 nitrogen and oxygen atoms in total. The number of para-hydroxylation sites is 1. The molecule has 0 heterocycles. The van der Waals surface area contributed by atoms with Gasteiger partial charge in [-0.2, -0.15) is 8.42 Å². The topological polar surface area (TPSA) is 89.9 Å². The van der Waals surface area contributed by atoms with Crippen LogP contribution in [0.2, 0.25) is 0 Å². The molecule has 1 aromatic rings. The van der Waals surface area contributed by atoms with Gasteiger partial charge in [-0.15, -0.1) is 0 Å². The van der Waals surface area contributed by atoms with Crippen LogP contribution in [0.5, 0.6) is 5.75 Å². The maximum absolute atomic E-state index is 12.6. The first kappa shape index (κ1) is 29.6. The number of rotatable bonds is 20. The van der Waals surface area contributed by atoms with E-state index in [9.17, 15) is 13.2 Å². The Morgan fingerprint density at radius 3 is 1.91 bits per heavy atom. The van der Waals surface area contributed by atoms with Crippen LogP contribution in [0.3, 0.4) is 0 Å². The summed E-state index contributed by atoms with van der Waals surface area (Å²) in [6.07, 6.45) is 15.6. The largest absolute Gasteiger partial charge is 0.424 e. The molecule has 1 N–H and O–H groups in total. The molecule has 1 unspecified atom stereocenters. The van der Waals surface area contributed by atoms with E-state index < -0.39 is 22.5 Å². The summed E-state index contributed by atoms with van der Waals surface area (Å²) in [5.74, 6) is -0.365. The molecule has 1 aromatic carbocycles. The zero-order valence-electron chi connectivity index (χ0n) is 20.6. The Morgan fingerprint density at radius 2 is 1.33 bits per heavy atom. The SMILES string of the molecule is CCCCCCCCCCCCc1ccccc1OC(=O)C(CCCCCC)OS(=O)(=O)O. The molecule has 7 heteroatoms. The highest BCUT2D eigenvalue weighted by atomic mass is 32.3. The van der Waals surface area contributed by atoms with E-state index in [2.05, 4.69) is 18.0 Å². The monoisotopic (exact) mass is 484 g/mol. The molecule has 0 bridgehead atoms. The standard InChI is InChI=1S/C26H44O6S/c1-3-5-7-9-10-11-12-13-14-15-19-23-20-17-18-21-24(23)31-26(27)25(32-33(28,29)30)22-16-8-6-4-2/h17-18,20-21,25H,3-16,19,22H2,1-2H3,(H,28,29,30). The van der Waals surface area contributed by atoms with Crippen molar-refractivity contribution in [3.8, 4) is 5.75 Å². The maximum Gasteiger partial charge on any atom is 0.398 e. The molecular formula is C26H44O6S. The van der Waals surface area contributed by atoms with Crippen LogP contribution in [-0.4, -0.2) is 25.0 Å². The second kappa shape index (κ2) is 18.0. The quantitative estimate of drug-likeness (QED) is 0.0910. The van der Waals surface area contributed by atoms with Crippen molar-refractivity contribution < 1.29 is 26.7 Å². The van der Waals surface area contributed by atoms with Crippen LogP contribution in [-0.2, 0) is 25.8 Å². The fraction of sp³-hybridized carbons (Fsp3) is 0.731. The number of carbonyl (C=O) groups is 1. The Morgan fingerprint density at radius 1 is 0.818 bits per heavy atom. The molecule has 1 atom stereocenters. The van der Waals surface area contributed by atoms with Gasteiger partial charge in [0.1, 0.15) is 5.75 Å². The van der Waals surface area contributed by atoms with E-state index in [1.807, 2.05) is 12.1 Å². The van der Waals surface area contributed by atoms with Crippen molar-refractivity contribution in [2.45, 2.75) is 123 Å². The third-order valence-electron chi connectivity index (χ3n) is 5.80. The first-order valence-electron chi connectivity index (χ1n) is 12.8. The van der Waals surface area contributed by atoms with Gasteiger partial charge in [0, 0.05) is 0 Å². The van der Waals surface area contributed by atoms with Crippen molar-refractivity contribution in [2.75, 3.05) is 0 Å². The van der Waals surface area contributed by atoms with E-state index in [-0.39, 0.29) is 6.42 Å². The van der Waals surface area contributed by atoms with Crippen molar-refractivity contribution in [3.05, 3.63) is 29.8 Å². The summed E-state index contributed by atoms with van der Waals surface area (Å²) in [7, 11) is -4.75. The third kappa shape index (κ3) is 15.2. The second-order valence-electron chi connectivity index (χ2n) is 8.82. The number of ether oxygens (including phenoxy) is 1. The third-order valence-corrected chi connectivity index (χ3v) is 6.28. The smallest absolute Gasteiger partial charge is 0.398 e. The predicted molar refractivity (Wildman–Crippen MR) is 133 cm³/mol. The summed E-state index contributed by atoms with van der Waals surface area (Å²) in [5.41, 5.74) is 0.919. The first-order valence-corrected chi connectivity index (χ1v) is 14.2. The van der Waals surface area contributed by atoms with Gasteiger partial charge in [-0.3, -0.25) is 4.55 Å². The average molecular weight is 485 g/mol. The molecule has 0 spiro atoms. The lowest BCUT2D eigenvalue weighted by atomic mass is 10.0. The minimum Gasteiger partial charge on any atom is -0.424 e. The van der Waals surface area contributed by atoms with Crippen molar-refractivity contribution >= 4 is 16.4 Å². The van der Waals surface area contributed by atoms with Gasteiger partial charge in [-0.05, 0) is 30.9 Å². The van der Waals surface area contributed by atoms with Gasteiger partial charge in [0.2, 0.25) is 0 Å². The summed E-state index contributed by atoms with van der Waals surface area (Å²) in [4.78, 5) is 12.6. The summed E-state index contributed by atoms with van der Waals surface area (Å²) in [5, 5.41) is 0. The minimum absolute atomic E-state index is 0.180. The number of benzene rings is 1. The Labute approximate surface area is 201 Å². The summed E-state index contributed by atoms with van der Waals surface area (Å²) >= 11 is 0. The molecule has 0 fully saturated rings. The second-order valence-corrected chi connectivity index (χ2v) is 9.87.